The van der Waals surface area contributed by atoms with Gasteiger partial charge in [-0.2, -0.15) is 0 Å². The van der Waals surface area contributed by atoms with Crippen LogP contribution in [0.1, 0.15) is 5.56 Å². The van der Waals surface area contributed by atoms with E-state index >= 15 is 0 Å². The zero-order valence-electron chi connectivity index (χ0n) is 26.1. The smallest absolute Gasteiger partial charge is 0.0709 e. The summed E-state index contributed by atoms with van der Waals surface area (Å²) in [5, 5.41) is 9.98. The van der Waals surface area contributed by atoms with Crippen LogP contribution in [-0.4, -0.2) is 4.98 Å². The molecule has 0 saturated heterocycles. The summed E-state index contributed by atoms with van der Waals surface area (Å²) < 4.78 is 0. The fourth-order valence-electron chi connectivity index (χ4n) is 7.18. The van der Waals surface area contributed by atoms with Crippen molar-refractivity contribution in [2.24, 2.45) is 0 Å². The Morgan fingerprint density at radius 1 is 0.319 bits per heavy atom. The van der Waals surface area contributed by atoms with Crippen LogP contribution in [0.4, 0.5) is 0 Å². The molecule has 1 nitrogen and oxygen atoms in total. The summed E-state index contributed by atoms with van der Waals surface area (Å²) in [7, 11) is 0. The monoisotopic (exact) mass is 597 g/mol. The van der Waals surface area contributed by atoms with E-state index in [1.165, 1.54) is 70.9 Å². The van der Waals surface area contributed by atoms with Crippen molar-refractivity contribution in [3.05, 3.63) is 175 Å². The van der Waals surface area contributed by atoms with Crippen molar-refractivity contribution in [3.63, 3.8) is 0 Å². The van der Waals surface area contributed by atoms with Crippen LogP contribution in [0, 0.1) is 6.92 Å². The second-order valence-electron chi connectivity index (χ2n) is 12.5. The lowest BCUT2D eigenvalue weighted by Gasteiger charge is -2.20. The van der Waals surface area contributed by atoms with Crippen LogP contribution in [0.15, 0.2) is 170 Å². The van der Waals surface area contributed by atoms with Gasteiger partial charge in [0, 0.05) is 11.1 Å². The molecule has 0 saturated carbocycles. The molecule has 0 atom stereocenters. The summed E-state index contributed by atoms with van der Waals surface area (Å²) in [6, 6.07) is 61.6. The highest BCUT2D eigenvalue weighted by Crippen LogP contribution is 2.46. The van der Waals surface area contributed by atoms with Gasteiger partial charge in [0.2, 0.25) is 0 Å². The molecule has 0 N–H and O–H groups in total. The Hall–Kier alpha value is -6.05. The van der Waals surface area contributed by atoms with Gasteiger partial charge in [0.05, 0.1) is 11.4 Å². The van der Waals surface area contributed by atoms with E-state index in [-0.39, 0.29) is 0 Å². The Labute approximate surface area is 274 Å². The molecule has 9 aromatic rings. The van der Waals surface area contributed by atoms with Crippen molar-refractivity contribution in [3.8, 4) is 44.8 Å². The lowest BCUT2D eigenvalue weighted by Crippen LogP contribution is -1.93. The van der Waals surface area contributed by atoms with Crippen molar-refractivity contribution in [1.82, 2.24) is 4.98 Å². The Balaban J connectivity index is 1.37. The molecule has 0 amide bonds. The van der Waals surface area contributed by atoms with Crippen LogP contribution in [0.2, 0.25) is 0 Å². The van der Waals surface area contributed by atoms with Crippen LogP contribution >= 0.6 is 0 Å². The van der Waals surface area contributed by atoms with E-state index in [1.54, 1.807) is 0 Å². The normalized spacial score (nSPS) is 11.5. The number of hydrogen-bond donors (Lipinski definition) is 0. The largest absolute Gasteiger partial charge is 0.248 e. The quantitative estimate of drug-likeness (QED) is 0.184. The van der Waals surface area contributed by atoms with Gasteiger partial charge in [0.25, 0.3) is 0 Å². The van der Waals surface area contributed by atoms with Gasteiger partial charge in [-0.3, -0.25) is 0 Å². The first-order chi connectivity index (χ1) is 23.2. The molecule has 0 aliphatic carbocycles. The summed E-state index contributed by atoms with van der Waals surface area (Å²) in [5.41, 5.74) is 10.4. The Bertz CT molecular complexity index is 2630. The number of aryl methyl sites for hydroxylation is 1. The van der Waals surface area contributed by atoms with Gasteiger partial charge in [-0.25, -0.2) is 4.98 Å². The minimum Gasteiger partial charge on any atom is -0.248 e. The molecule has 0 fully saturated rings. The summed E-state index contributed by atoms with van der Waals surface area (Å²) in [5.74, 6) is 0. The minimum absolute atomic E-state index is 0.967. The first kappa shape index (κ1) is 27.3. The summed E-state index contributed by atoms with van der Waals surface area (Å²) >= 11 is 0. The molecule has 0 spiro atoms. The van der Waals surface area contributed by atoms with Crippen LogP contribution in [0.3, 0.4) is 0 Å². The highest BCUT2D eigenvalue weighted by molar-refractivity contribution is 6.22. The maximum atomic E-state index is 5.15. The maximum absolute atomic E-state index is 5.15. The first-order valence-corrected chi connectivity index (χ1v) is 16.2. The number of benzene rings is 8. The van der Waals surface area contributed by atoms with E-state index in [0.29, 0.717) is 0 Å². The maximum Gasteiger partial charge on any atom is 0.0709 e. The fourth-order valence-corrected chi connectivity index (χ4v) is 7.18. The number of nitrogens with zero attached hydrogens (tertiary/aromatic N) is 1. The number of fused-ring (bicyclic) bond motifs is 4. The zero-order chi connectivity index (χ0) is 31.3. The van der Waals surface area contributed by atoms with E-state index in [1.807, 2.05) is 6.07 Å². The highest BCUT2D eigenvalue weighted by Gasteiger charge is 2.19. The molecule has 47 heavy (non-hydrogen) atoms. The lowest BCUT2D eigenvalue weighted by molar-refractivity contribution is 1.33. The third kappa shape index (κ3) is 4.76. The van der Waals surface area contributed by atoms with Crippen molar-refractivity contribution in [2.45, 2.75) is 6.92 Å². The van der Waals surface area contributed by atoms with Gasteiger partial charge in [0.15, 0.2) is 0 Å². The van der Waals surface area contributed by atoms with Crippen molar-refractivity contribution in [2.75, 3.05) is 0 Å². The molecule has 0 aliphatic heterocycles. The SMILES string of the molecule is Cc1ccc2c(-c3ccc4ccccc4c3)c3cc(-c4cccc(-c5ccccc5)n4)ccc3c(-c3ccc4ccccc4c3)c2c1. The van der Waals surface area contributed by atoms with Gasteiger partial charge in [-0.05, 0) is 103 Å². The van der Waals surface area contributed by atoms with Crippen molar-refractivity contribution < 1.29 is 0 Å². The van der Waals surface area contributed by atoms with Crippen LogP contribution in [0.25, 0.3) is 87.9 Å². The predicted molar refractivity (Wildman–Crippen MR) is 201 cm³/mol. The topological polar surface area (TPSA) is 12.9 Å². The standard InChI is InChI=1S/C46H31N/c1-30-18-24-39-41(26-30)45(37-21-19-31-10-5-7-14-34(31)27-37)40-25-23-36(44-17-9-16-43(47-44)33-12-3-2-4-13-33)29-42(40)46(39)38-22-20-32-11-6-8-15-35(32)28-38/h2-29H,1H3. The average Bonchev–Trinajstić information content (AvgIpc) is 3.13. The molecule has 0 radical (unpaired) electrons. The van der Waals surface area contributed by atoms with Crippen LogP contribution in [-0.2, 0) is 0 Å². The number of aromatic nitrogens is 1. The molecule has 9 rings (SSSR count). The molecule has 220 valence electrons. The fraction of sp³-hybridized carbons (Fsp3) is 0.0217. The van der Waals surface area contributed by atoms with Gasteiger partial charge in [-0.1, -0.05) is 145 Å². The zero-order valence-corrected chi connectivity index (χ0v) is 26.1. The van der Waals surface area contributed by atoms with Crippen molar-refractivity contribution in [1.29, 1.82) is 0 Å². The molecule has 1 heteroatoms. The van der Waals surface area contributed by atoms with E-state index < -0.39 is 0 Å². The van der Waals surface area contributed by atoms with Gasteiger partial charge >= 0.3 is 0 Å². The van der Waals surface area contributed by atoms with Gasteiger partial charge in [-0.15, -0.1) is 0 Å². The summed E-state index contributed by atoms with van der Waals surface area (Å²) in [4.78, 5) is 5.15. The third-order valence-corrected chi connectivity index (χ3v) is 9.46. The first-order valence-electron chi connectivity index (χ1n) is 16.2. The van der Waals surface area contributed by atoms with Crippen molar-refractivity contribution >= 4 is 43.1 Å². The molecular formula is C46H31N. The predicted octanol–water partition coefficient (Wildman–Crippen LogP) is 12.7. The minimum atomic E-state index is 0.967. The Morgan fingerprint density at radius 2 is 0.830 bits per heavy atom. The number of rotatable bonds is 4. The van der Waals surface area contributed by atoms with Crippen LogP contribution < -0.4 is 0 Å². The molecule has 0 unspecified atom stereocenters. The highest BCUT2D eigenvalue weighted by atomic mass is 14.7. The average molecular weight is 598 g/mol. The molecule has 0 bridgehead atoms. The number of pyridine rings is 1. The number of hydrogen-bond acceptors (Lipinski definition) is 1. The molecule has 1 aromatic heterocycles. The van der Waals surface area contributed by atoms with E-state index in [0.717, 1.165) is 22.5 Å². The molecule has 8 aromatic carbocycles. The van der Waals surface area contributed by atoms with E-state index in [9.17, 15) is 0 Å². The summed E-state index contributed by atoms with van der Waals surface area (Å²) in [6.07, 6.45) is 0. The molecule has 1 heterocycles. The lowest BCUT2D eigenvalue weighted by atomic mass is 9.84. The Kier molecular flexibility index (Phi) is 6.43. The third-order valence-electron chi connectivity index (χ3n) is 9.46. The second-order valence-corrected chi connectivity index (χ2v) is 12.5. The van der Waals surface area contributed by atoms with Gasteiger partial charge in [0.1, 0.15) is 0 Å². The Morgan fingerprint density at radius 3 is 1.47 bits per heavy atom. The molecule has 0 aliphatic rings. The van der Waals surface area contributed by atoms with Crippen LogP contribution in [0.5, 0.6) is 0 Å². The van der Waals surface area contributed by atoms with Gasteiger partial charge < -0.3 is 0 Å². The van der Waals surface area contributed by atoms with E-state index in [2.05, 4.69) is 171 Å². The van der Waals surface area contributed by atoms with E-state index in [4.69, 9.17) is 4.98 Å². The second kappa shape index (κ2) is 11.1. The summed E-state index contributed by atoms with van der Waals surface area (Å²) in [6.45, 7) is 2.19. The molecular weight excluding hydrogens is 567 g/mol.